The van der Waals surface area contributed by atoms with Gasteiger partial charge in [0, 0.05) is 11.4 Å². The van der Waals surface area contributed by atoms with Gasteiger partial charge in [-0.15, -0.1) is 11.3 Å². The first-order valence-electron chi connectivity index (χ1n) is 9.79. The summed E-state index contributed by atoms with van der Waals surface area (Å²) in [4.78, 5) is 41.8. The lowest BCUT2D eigenvalue weighted by atomic mass is 9.72. The predicted molar refractivity (Wildman–Crippen MR) is 116 cm³/mol. The molecule has 3 aromatic rings. The highest BCUT2D eigenvalue weighted by molar-refractivity contribution is 7.09. The van der Waals surface area contributed by atoms with E-state index >= 15 is 0 Å². The number of benzene rings is 2. The van der Waals surface area contributed by atoms with Crippen molar-refractivity contribution in [2.75, 3.05) is 6.54 Å². The number of nitriles is 1. The van der Waals surface area contributed by atoms with Gasteiger partial charge in [0.25, 0.3) is 5.91 Å². The van der Waals surface area contributed by atoms with Crippen molar-refractivity contribution in [1.82, 2.24) is 10.2 Å². The van der Waals surface area contributed by atoms with Crippen LogP contribution in [-0.2, 0) is 27.8 Å². The minimum atomic E-state index is -1.60. The van der Waals surface area contributed by atoms with Gasteiger partial charge >= 0.3 is 6.03 Å². The molecular weight excluding hydrogens is 410 g/mol. The van der Waals surface area contributed by atoms with E-state index in [-0.39, 0.29) is 13.0 Å². The SMILES string of the molecule is N#Cc1cccc(CC2(c3ccccc3)C(=O)NC(=O)N(CCc3cccs3)C2=O)c1. The van der Waals surface area contributed by atoms with Crippen LogP contribution in [0.4, 0.5) is 4.79 Å². The maximum Gasteiger partial charge on any atom is 0.330 e. The normalized spacial score (nSPS) is 18.5. The average molecular weight is 430 g/mol. The lowest BCUT2D eigenvalue weighted by Gasteiger charge is -2.39. The molecule has 7 heteroatoms. The second-order valence-electron chi connectivity index (χ2n) is 7.31. The Bertz CT molecular complexity index is 1170. The van der Waals surface area contributed by atoms with Gasteiger partial charge in [0.15, 0.2) is 5.41 Å². The topological polar surface area (TPSA) is 90.3 Å². The van der Waals surface area contributed by atoms with E-state index in [0.717, 1.165) is 9.78 Å². The van der Waals surface area contributed by atoms with Crippen molar-refractivity contribution in [1.29, 1.82) is 5.26 Å². The molecule has 1 aromatic heterocycles. The number of hydrogen-bond acceptors (Lipinski definition) is 5. The molecule has 1 atom stereocenters. The molecule has 1 aliphatic heterocycles. The van der Waals surface area contributed by atoms with Crippen molar-refractivity contribution < 1.29 is 14.4 Å². The van der Waals surface area contributed by atoms with E-state index in [1.54, 1.807) is 65.9 Å². The number of nitrogens with one attached hydrogen (secondary N) is 1. The first kappa shape index (κ1) is 20.5. The Morgan fingerprint density at radius 1 is 1.00 bits per heavy atom. The number of nitrogens with zero attached hydrogens (tertiary/aromatic N) is 2. The van der Waals surface area contributed by atoms with Crippen LogP contribution >= 0.6 is 11.3 Å². The van der Waals surface area contributed by atoms with Gasteiger partial charge in [-0.2, -0.15) is 5.26 Å². The Hall–Kier alpha value is -3.76. The lowest BCUT2D eigenvalue weighted by molar-refractivity contribution is -0.145. The van der Waals surface area contributed by atoms with Gasteiger partial charge in [-0.3, -0.25) is 19.8 Å². The van der Waals surface area contributed by atoms with E-state index < -0.39 is 23.3 Å². The lowest BCUT2D eigenvalue weighted by Crippen LogP contribution is -2.67. The third kappa shape index (κ3) is 3.86. The van der Waals surface area contributed by atoms with Crippen LogP contribution in [-0.4, -0.2) is 29.3 Å². The molecule has 1 unspecified atom stereocenters. The fraction of sp³-hybridized carbons (Fsp3) is 0.167. The molecule has 2 heterocycles. The quantitative estimate of drug-likeness (QED) is 0.608. The molecule has 4 amide bonds. The van der Waals surface area contributed by atoms with Crippen molar-refractivity contribution >= 4 is 29.2 Å². The molecule has 154 valence electrons. The number of carbonyl (C=O) groups is 3. The van der Waals surface area contributed by atoms with Gasteiger partial charge in [0.05, 0.1) is 11.6 Å². The van der Waals surface area contributed by atoms with Gasteiger partial charge in [0.1, 0.15) is 0 Å². The molecule has 0 radical (unpaired) electrons. The molecule has 1 saturated heterocycles. The fourth-order valence-corrected chi connectivity index (χ4v) is 4.56. The Kier molecular flexibility index (Phi) is 5.65. The third-order valence-corrected chi connectivity index (χ3v) is 6.35. The molecule has 31 heavy (non-hydrogen) atoms. The molecule has 0 saturated carbocycles. The average Bonchev–Trinajstić information content (AvgIpc) is 3.31. The number of amides is 4. The molecule has 1 N–H and O–H groups in total. The van der Waals surface area contributed by atoms with Crippen LogP contribution in [0.25, 0.3) is 0 Å². The highest BCUT2D eigenvalue weighted by Gasteiger charge is 2.54. The first-order valence-corrected chi connectivity index (χ1v) is 10.7. The maximum atomic E-state index is 13.8. The van der Waals surface area contributed by atoms with Crippen molar-refractivity contribution in [3.63, 3.8) is 0 Å². The summed E-state index contributed by atoms with van der Waals surface area (Å²) in [6.45, 7) is 0.172. The number of barbiturate groups is 1. The zero-order valence-corrected chi connectivity index (χ0v) is 17.4. The Labute approximate surface area is 183 Å². The van der Waals surface area contributed by atoms with Crippen molar-refractivity contribution in [3.05, 3.63) is 93.7 Å². The first-order chi connectivity index (χ1) is 15.0. The summed E-state index contributed by atoms with van der Waals surface area (Å²) in [5.74, 6) is -1.20. The smallest absolute Gasteiger partial charge is 0.276 e. The van der Waals surface area contributed by atoms with Crippen molar-refractivity contribution in [2.45, 2.75) is 18.3 Å². The Morgan fingerprint density at radius 2 is 1.81 bits per heavy atom. The number of urea groups is 1. The van der Waals surface area contributed by atoms with Gasteiger partial charge in [0.2, 0.25) is 5.91 Å². The summed E-state index contributed by atoms with van der Waals surface area (Å²) in [5.41, 5.74) is 0.0149. The summed E-state index contributed by atoms with van der Waals surface area (Å²) in [6.07, 6.45) is 0.555. The number of thiophene rings is 1. The highest BCUT2D eigenvalue weighted by atomic mass is 32.1. The number of imide groups is 2. The summed E-state index contributed by atoms with van der Waals surface area (Å²) in [7, 11) is 0. The van der Waals surface area contributed by atoms with Gasteiger partial charge in [-0.1, -0.05) is 48.5 Å². The molecule has 6 nitrogen and oxygen atoms in total. The Balaban J connectivity index is 1.76. The van der Waals surface area contributed by atoms with Crippen LogP contribution in [0.3, 0.4) is 0 Å². The maximum absolute atomic E-state index is 13.8. The van der Waals surface area contributed by atoms with Crippen molar-refractivity contribution in [2.24, 2.45) is 0 Å². The Morgan fingerprint density at radius 3 is 2.52 bits per heavy atom. The monoisotopic (exact) mass is 429 g/mol. The number of rotatable bonds is 6. The summed E-state index contributed by atoms with van der Waals surface area (Å²) >= 11 is 1.55. The fourth-order valence-electron chi connectivity index (χ4n) is 3.86. The molecule has 0 spiro atoms. The third-order valence-electron chi connectivity index (χ3n) is 5.42. The van der Waals surface area contributed by atoms with E-state index in [0.29, 0.717) is 23.1 Å². The molecule has 4 rings (SSSR count). The highest BCUT2D eigenvalue weighted by Crippen LogP contribution is 2.34. The van der Waals surface area contributed by atoms with E-state index in [9.17, 15) is 19.6 Å². The second kappa shape index (κ2) is 8.54. The molecule has 0 bridgehead atoms. The second-order valence-corrected chi connectivity index (χ2v) is 8.34. The zero-order valence-electron chi connectivity index (χ0n) is 16.6. The molecule has 1 fully saturated rings. The summed E-state index contributed by atoms with van der Waals surface area (Å²) < 4.78 is 0. The molecule has 1 aliphatic rings. The molecular formula is C24H19N3O3S. The largest absolute Gasteiger partial charge is 0.330 e. The predicted octanol–water partition coefficient (Wildman–Crippen LogP) is 3.42. The standard InChI is InChI=1S/C24H19N3O3S/c25-16-18-7-4-6-17(14-18)15-24(19-8-2-1-3-9-19)21(28)26-23(30)27(22(24)29)12-11-20-10-5-13-31-20/h1-10,13-14H,11-12,15H2,(H,26,28,30). The van der Waals surface area contributed by atoms with Crippen molar-refractivity contribution in [3.8, 4) is 6.07 Å². The van der Waals surface area contributed by atoms with Crippen LogP contribution in [0.2, 0.25) is 0 Å². The van der Waals surface area contributed by atoms with E-state index in [2.05, 4.69) is 11.4 Å². The minimum Gasteiger partial charge on any atom is -0.276 e. The van der Waals surface area contributed by atoms with Crippen LogP contribution in [0.1, 0.15) is 21.6 Å². The van der Waals surface area contributed by atoms with Crippen LogP contribution < -0.4 is 5.32 Å². The zero-order chi connectivity index (χ0) is 21.8. The van der Waals surface area contributed by atoms with Crippen LogP contribution in [0.5, 0.6) is 0 Å². The van der Waals surface area contributed by atoms with E-state index in [4.69, 9.17) is 0 Å². The van der Waals surface area contributed by atoms with Crippen LogP contribution in [0.15, 0.2) is 72.1 Å². The van der Waals surface area contributed by atoms with Gasteiger partial charge in [-0.05, 0) is 47.5 Å². The van der Waals surface area contributed by atoms with E-state index in [1.807, 2.05) is 17.5 Å². The van der Waals surface area contributed by atoms with E-state index in [1.165, 1.54) is 0 Å². The van der Waals surface area contributed by atoms with Gasteiger partial charge < -0.3 is 0 Å². The number of hydrogen-bond donors (Lipinski definition) is 1. The molecule has 2 aromatic carbocycles. The minimum absolute atomic E-state index is 0.0416. The van der Waals surface area contributed by atoms with Crippen LogP contribution in [0, 0.1) is 11.3 Å². The molecule has 0 aliphatic carbocycles. The summed E-state index contributed by atoms with van der Waals surface area (Å²) in [5, 5.41) is 13.6. The summed E-state index contributed by atoms with van der Waals surface area (Å²) in [6, 6.07) is 20.8. The number of carbonyl (C=O) groups excluding carboxylic acids is 3. The van der Waals surface area contributed by atoms with Gasteiger partial charge in [-0.25, -0.2) is 4.79 Å².